The molecule has 100 valence electrons. The maximum absolute atomic E-state index is 5.43. The van der Waals surface area contributed by atoms with Crippen LogP contribution in [0.4, 0.5) is 0 Å². The van der Waals surface area contributed by atoms with E-state index in [1.165, 1.54) is 0 Å². The van der Waals surface area contributed by atoms with Gasteiger partial charge in [-0.2, -0.15) is 0 Å². The summed E-state index contributed by atoms with van der Waals surface area (Å²) < 4.78 is 25.4. The molecule has 0 N–H and O–H groups in total. The SMILES string of the molecule is COC=Cc1ccc(OCOC)c(OCOC)c1. The van der Waals surface area contributed by atoms with Crippen LogP contribution in [0.25, 0.3) is 6.08 Å². The molecule has 0 fully saturated rings. The first-order valence-electron chi connectivity index (χ1n) is 5.38. The molecule has 5 nitrogen and oxygen atoms in total. The lowest BCUT2D eigenvalue weighted by Crippen LogP contribution is -2.04. The number of hydrogen-bond donors (Lipinski definition) is 0. The average molecular weight is 254 g/mol. The second-order valence-electron chi connectivity index (χ2n) is 3.35. The Bertz CT molecular complexity index is 376. The lowest BCUT2D eigenvalue weighted by atomic mass is 10.2. The molecular formula is C13H18O5. The predicted molar refractivity (Wildman–Crippen MR) is 67.5 cm³/mol. The highest BCUT2D eigenvalue weighted by atomic mass is 16.7. The van der Waals surface area contributed by atoms with Crippen LogP contribution in [0.15, 0.2) is 24.5 Å². The Hall–Kier alpha value is -1.72. The monoisotopic (exact) mass is 254 g/mol. The van der Waals surface area contributed by atoms with Crippen LogP contribution in [0, 0.1) is 0 Å². The van der Waals surface area contributed by atoms with E-state index in [0.29, 0.717) is 11.5 Å². The summed E-state index contributed by atoms with van der Waals surface area (Å²) in [6.45, 7) is 0.317. The van der Waals surface area contributed by atoms with Gasteiger partial charge in [-0.1, -0.05) is 6.07 Å². The fraction of sp³-hybridized carbons (Fsp3) is 0.385. The van der Waals surface area contributed by atoms with Crippen LogP contribution in [0.1, 0.15) is 5.56 Å². The van der Waals surface area contributed by atoms with Gasteiger partial charge in [-0.25, -0.2) is 0 Å². The summed E-state index contributed by atoms with van der Waals surface area (Å²) in [4.78, 5) is 0. The topological polar surface area (TPSA) is 46.2 Å². The minimum Gasteiger partial charge on any atom is -0.504 e. The van der Waals surface area contributed by atoms with Crippen molar-refractivity contribution < 1.29 is 23.7 Å². The highest BCUT2D eigenvalue weighted by molar-refractivity contribution is 5.55. The third-order valence-electron chi connectivity index (χ3n) is 2.03. The zero-order valence-corrected chi connectivity index (χ0v) is 10.8. The molecule has 0 radical (unpaired) electrons. The van der Waals surface area contributed by atoms with Gasteiger partial charge in [0.25, 0.3) is 0 Å². The van der Waals surface area contributed by atoms with E-state index in [-0.39, 0.29) is 13.6 Å². The molecule has 0 unspecified atom stereocenters. The first kappa shape index (κ1) is 14.3. The molecule has 0 aliphatic carbocycles. The number of methoxy groups -OCH3 is 3. The van der Waals surface area contributed by atoms with Crippen LogP contribution >= 0.6 is 0 Å². The van der Waals surface area contributed by atoms with Gasteiger partial charge >= 0.3 is 0 Å². The van der Waals surface area contributed by atoms with Gasteiger partial charge in [0.05, 0.1) is 13.4 Å². The zero-order chi connectivity index (χ0) is 13.2. The molecule has 18 heavy (non-hydrogen) atoms. The van der Waals surface area contributed by atoms with Crippen LogP contribution in [0.3, 0.4) is 0 Å². The van der Waals surface area contributed by atoms with E-state index >= 15 is 0 Å². The maximum Gasteiger partial charge on any atom is 0.188 e. The van der Waals surface area contributed by atoms with E-state index < -0.39 is 0 Å². The van der Waals surface area contributed by atoms with Gasteiger partial charge in [-0.3, -0.25) is 0 Å². The molecule has 0 spiro atoms. The Morgan fingerprint density at radius 2 is 1.61 bits per heavy atom. The fourth-order valence-corrected chi connectivity index (χ4v) is 1.25. The lowest BCUT2D eigenvalue weighted by Gasteiger charge is -2.12. The van der Waals surface area contributed by atoms with E-state index in [0.717, 1.165) is 5.56 Å². The molecule has 0 bridgehead atoms. The number of hydrogen-bond acceptors (Lipinski definition) is 5. The summed E-state index contributed by atoms with van der Waals surface area (Å²) >= 11 is 0. The third kappa shape index (κ3) is 4.65. The van der Waals surface area contributed by atoms with Crippen molar-refractivity contribution in [3.8, 4) is 11.5 Å². The summed E-state index contributed by atoms with van der Waals surface area (Å²) in [5, 5.41) is 0. The Kier molecular flexibility index (Phi) is 6.68. The second kappa shape index (κ2) is 8.38. The summed E-state index contributed by atoms with van der Waals surface area (Å²) in [5.41, 5.74) is 0.938. The molecule has 1 aromatic carbocycles. The molecule has 1 rings (SSSR count). The molecule has 1 aromatic rings. The van der Waals surface area contributed by atoms with Gasteiger partial charge in [0.15, 0.2) is 25.1 Å². The normalized spacial score (nSPS) is 10.6. The molecular weight excluding hydrogens is 236 g/mol. The van der Waals surface area contributed by atoms with E-state index in [2.05, 4.69) is 0 Å². The Balaban J connectivity index is 2.84. The van der Waals surface area contributed by atoms with Gasteiger partial charge < -0.3 is 23.7 Å². The van der Waals surface area contributed by atoms with Crippen LogP contribution in [0.2, 0.25) is 0 Å². The van der Waals surface area contributed by atoms with Crippen molar-refractivity contribution in [3.63, 3.8) is 0 Å². The lowest BCUT2D eigenvalue weighted by molar-refractivity contribution is 0.0322. The molecule has 5 heteroatoms. The minimum absolute atomic E-state index is 0.154. The molecule has 0 amide bonds. The standard InChI is InChI=1S/C13H18O5/c1-14-7-6-11-4-5-12(17-9-15-2)13(8-11)18-10-16-3/h4-8H,9-10H2,1-3H3. The predicted octanol–water partition coefficient (Wildman–Crippen LogP) is 2.27. The van der Waals surface area contributed by atoms with Crippen molar-refractivity contribution in [2.24, 2.45) is 0 Å². The van der Waals surface area contributed by atoms with Crippen molar-refractivity contribution in [1.82, 2.24) is 0 Å². The van der Waals surface area contributed by atoms with E-state index in [1.54, 1.807) is 33.7 Å². The molecule has 0 aliphatic heterocycles. The second-order valence-corrected chi connectivity index (χ2v) is 3.35. The maximum atomic E-state index is 5.43. The molecule has 0 aliphatic rings. The highest BCUT2D eigenvalue weighted by Crippen LogP contribution is 2.29. The van der Waals surface area contributed by atoms with Crippen molar-refractivity contribution >= 4 is 6.08 Å². The van der Waals surface area contributed by atoms with Crippen molar-refractivity contribution in [2.45, 2.75) is 0 Å². The van der Waals surface area contributed by atoms with Crippen LogP contribution in [-0.2, 0) is 14.2 Å². The molecule has 0 heterocycles. The highest BCUT2D eigenvalue weighted by Gasteiger charge is 2.06. The van der Waals surface area contributed by atoms with Crippen LogP contribution < -0.4 is 9.47 Å². The molecule has 0 saturated heterocycles. The Labute approximate surface area is 107 Å². The van der Waals surface area contributed by atoms with Crippen molar-refractivity contribution in [2.75, 3.05) is 34.9 Å². The Morgan fingerprint density at radius 3 is 2.22 bits per heavy atom. The molecule has 0 atom stereocenters. The first-order valence-corrected chi connectivity index (χ1v) is 5.38. The quantitative estimate of drug-likeness (QED) is 0.526. The summed E-state index contributed by atoms with van der Waals surface area (Å²) in [5.74, 6) is 1.19. The van der Waals surface area contributed by atoms with Gasteiger partial charge in [-0.15, -0.1) is 0 Å². The Morgan fingerprint density at radius 1 is 0.944 bits per heavy atom. The smallest absolute Gasteiger partial charge is 0.188 e. The van der Waals surface area contributed by atoms with Gasteiger partial charge in [0.1, 0.15) is 0 Å². The molecule has 0 saturated carbocycles. The van der Waals surface area contributed by atoms with Gasteiger partial charge in [0.2, 0.25) is 0 Å². The first-order chi connectivity index (χ1) is 8.81. The number of ether oxygens (including phenoxy) is 5. The van der Waals surface area contributed by atoms with Gasteiger partial charge in [-0.05, 0) is 23.8 Å². The minimum atomic E-state index is 0.154. The van der Waals surface area contributed by atoms with Gasteiger partial charge in [0, 0.05) is 14.2 Å². The van der Waals surface area contributed by atoms with Crippen molar-refractivity contribution in [1.29, 1.82) is 0 Å². The molecule has 0 aromatic heterocycles. The summed E-state index contributed by atoms with van der Waals surface area (Å²) in [6.07, 6.45) is 3.41. The number of benzene rings is 1. The van der Waals surface area contributed by atoms with Crippen molar-refractivity contribution in [3.05, 3.63) is 30.0 Å². The van der Waals surface area contributed by atoms with E-state index in [9.17, 15) is 0 Å². The third-order valence-corrected chi connectivity index (χ3v) is 2.03. The van der Waals surface area contributed by atoms with E-state index in [4.69, 9.17) is 23.7 Å². The summed E-state index contributed by atoms with van der Waals surface area (Å²) in [6, 6.07) is 5.53. The number of rotatable bonds is 8. The zero-order valence-electron chi connectivity index (χ0n) is 10.8. The fourth-order valence-electron chi connectivity index (χ4n) is 1.25. The summed E-state index contributed by atoms with van der Waals surface area (Å²) in [7, 11) is 4.71. The van der Waals surface area contributed by atoms with E-state index in [1.807, 2.05) is 18.2 Å². The van der Waals surface area contributed by atoms with Crippen LogP contribution in [-0.4, -0.2) is 34.9 Å². The average Bonchev–Trinajstić information content (AvgIpc) is 2.41. The van der Waals surface area contributed by atoms with Crippen LogP contribution in [0.5, 0.6) is 11.5 Å². The largest absolute Gasteiger partial charge is 0.504 e.